The molecule has 0 aromatic carbocycles. The van der Waals surface area contributed by atoms with Gasteiger partial charge in [-0.05, 0) is 39.8 Å². The largest absolute Gasteiger partial charge is 0.319 e. The number of aromatic nitrogens is 4. The third-order valence-electron chi connectivity index (χ3n) is 1.59. The summed E-state index contributed by atoms with van der Waals surface area (Å²) in [5.41, 5.74) is 5.17. The molecule has 0 amide bonds. The van der Waals surface area contributed by atoms with Gasteiger partial charge in [0, 0.05) is 0 Å². The number of hydrogen-bond donors (Lipinski definition) is 1. The van der Waals surface area contributed by atoms with Gasteiger partial charge in [0.2, 0.25) is 0 Å². The molecule has 0 unspecified atom stereocenters. The molecule has 13 heavy (non-hydrogen) atoms. The van der Waals surface area contributed by atoms with Crippen LogP contribution in [0.4, 0.5) is 0 Å². The third kappa shape index (κ3) is 2.24. The molecular formula is C8H17N5. The molecule has 0 saturated heterocycles. The van der Waals surface area contributed by atoms with Crippen LogP contribution in [-0.4, -0.2) is 20.2 Å². The van der Waals surface area contributed by atoms with Crippen LogP contribution in [0.3, 0.4) is 0 Å². The highest BCUT2D eigenvalue weighted by Crippen LogP contribution is 2.14. The Morgan fingerprint density at radius 3 is 1.92 bits per heavy atom. The molecular weight excluding hydrogens is 166 g/mol. The highest BCUT2D eigenvalue weighted by Gasteiger charge is 2.23. The maximum absolute atomic E-state index is 5.84. The Balaban J connectivity index is 3.01. The first-order valence-corrected chi connectivity index (χ1v) is 4.31. The van der Waals surface area contributed by atoms with E-state index in [1.165, 1.54) is 0 Å². The van der Waals surface area contributed by atoms with Gasteiger partial charge in [-0.2, -0.15) is 4.80 Å². The lowest BCUT2D eigenvalue weighted by molar-refractivity contribution is 0.303. The average Bonchev–Trinajstić information content (AvgIpc) is 2.28. The van der Waals surface area contributed by atoms with Crippen molar-refractivity contribution in [3.8, 4) is 0 Å². The van der Waals surface area contributed by atoms with E-state index < -0.39 is 5.54 Å². The molecule has 1 aromatic rings. The van der Waals surface area contributed by atoms with Crippen LogP contribution in [0.25, 0.3) is 0 Å². The van der Waals surface area contributed by atoms with Gasteiger partial charge in [0.05, 0.1) is 11.1 Å². The lowest BCUT2D eigenvalue weighted by atomic mass is 10.1. The molecule has 0 aliphatic carbocycles. The van der Waals surface area contributed by atoms with Crippen LogP contribution in [0, 0.1) is 0 Å². The van der Waals surface area contributed by atoms with Crippen molar-refractivity contribution in [2.24, 2.45) is 5.73 Å². The van der Waals surface area contributed by atoms with Gasteiger partial charge in [-0.1, -0.05) is 0 Å². The summed E-state index contributed by atoms with van der Waals surface area (Å²) in [5, 5.41) is 12.1. The maximum atomic E-state index is 5.84. The van der Waals surface area contributed by atoms with Gasteiger partial charge in [-0.25, -0.2) is 0 Å². The smallest absolute Gasteiger partial charge is 0.193 e. The van der Waals surface area contributed by atoms with Crippen LogP contribution in [0.5, 0.6) is 0 Å². The summed E-state index contributed by atoms with van der Waals surface area (Å²) in [7, 11) is 0. The Morgan fingerprint density at radius 1 is 1.15 bits per heavy atom. The SMILES string of the molecule is CC(C)(N)c1nnn(C(C)(C)C)n1. The van der Waals surface area contributed by atoms with E-state index in [1.54, 1.807) is 4.80 Å². The van der Waals surface area contributed by atoms with Crippen LogP contribution in [0.2, 0.25) is 0 Å². The van der Waals surface area contributed by atoms with Crippen molar-refractivity contribution < 1.29 is 0 Å². The molecule has 0 aliphatic heterocycles. The highest BCUT2D eigenvalue weighted by atomic mass is 15.6. The van der Waals surface area contributed by atoms with Gasteiger partial charge in [0.1, 0.15) is 0 Å². The second-order valence-corrected chi connectivity index (χ2v) is 4.80. The monoisotopic (exact) mass is 183 g/mol. The van der Waals surface area contributed by atoms with E-state index in [9.17, 15) is 0 Å². The van der Waals surface area contributed by atoms with Crippen LogP contribution < -0.4 is 5.73 Å². The molecule has 0 saturated carbocycles. The zero-order valence-corrected chi connectivity index (χ0v) is 8.87. The van der Waals surface area contributed by atoms with E-state index in [4.69, 9.17) is 5.73 Å². The lowest BCUT2D eigenvalue weighted by Crippen LogP contribution is -2.31. The number of tetrazole rings is 1. The summed E-state index contributed by atoms with van der Waals surface area (Å²) in [6.45, 7) is 9.76. The fourth-order valence-electron chi connectivity index (χ4n) is 0.756. The van der Waals surface area contributed by atoms with Crippen molar-refractivity contribution >= 4 is 0 Å². The predicted octanol–water partition coefficient (Wildman–Crippen LogP) is 0.622. The van der Waals surface area contributed by atoms with E-state index in [2.05, 4.69) is 15.4 Å². The first-order chi connectivity index (χ1) is 5.71. The molecule has 5 nitrogen and oxygen atoms in total. The lowest BCUT2D eigenvalue weighted by Gasteiger charge is -2.16. The van der Waals surface area contributed by atoms with Crippen molar-refractivity contribution in [3.05, 3.63) is 5.82 Å². The minimum Gasteiger partial charge on any atom is -0.319 e. The molecule has 0 radical (unpaired) electrons. The Hall–Kier alpha value is -0.970. The molecule has 2 N–H and O–H groups in total. The minimum absolute atomic E-state index is 0.142. The first kappa shape index (κ1) is 10.1. The standard InChI is InChI=1S/C8H17N5/c1-7(2,3)13-11-6(10-12-13)8(4,5)9/h9H2,1-5H3. The predicted molar refractivity (Wildman–Crippen MR) is 50.0 cm³/mol. The van der Waals surface area contributed by atoms with Crippen LogP contribution in [-0.2, 0) is 11.1 Å². The van der Waals surface area contributed by atoms with Gasteiger partial charge in [-0.3, -0.25) is 0 Å². The molecule has 0 atom stereocenters. The van der Waals surface area contributed by atoms with E-state index in [1.807, 2.05) is 34.6 Å². The van der Waals surface area contributed by atoms with E-state index in [0.29, 0.717) is 5.82 Å². The summed E-state index contributed by atoms with van der Waals surface area (Å²) in [6.07, 6.45) is 0. The van der Waals surface area contributed by atoms with E-state index in [-0.39, 0.29) is 5.54 Å². The fourth-order valence-corrected chi connectivity index (χ4v) is 0.756. The number of rotatable bonds is 1. The molecule has 0 fully saturated rings. The van der Waals surface area contributed by atoms with Gasteiger partial charge < -0.3 is 5.73 Å². The average molecular weight is 183 g/mol. The molecule has 0 aliphatic rings. The van der Waals surface area contributed by atoms with Crippen molar-refractivity contribution in [3.63, 3.8) is 0 Å². The quantitative estimate of drug-likeness (QED) is 0.693. The highest BCUT2D eigenvalue weighted by molar-refractivity contribution is 4.95. The van der Waals surface area contributed by atoms with E-state index >= 15 is 0 Å². The summed E-state index contributed by atoms with van der Waals surface area (Å²) >= 11 is 0. The van der Waals surface area contributed by atoms with Gasteiger partial charge >= 0.3 is 0 Å². The normalized spacial score (nSPS) is 13.4. The van der Waals surface area contributed by atoms with Crippen molar-refractivity contribution in [2.45, 2.75) is 45.7 Å². The van der Waals surface area contributed by atoms with Crippen LogP contribution >= 0.6 is 0 Å². The Kier molecular flexibility index (Phi) is 2.15. The van der Waals surface area contributed by atoms with Gasteiger partial charge in [0.25, 0.3) is 0 Å². The summed E-state index contributed by atoms with van der Waals surface area (Å²) in [6, 6.07) is 0. The van der Waals surface area contributed by atoms with E-state index in [0.717, 1.165) is 0 Å². The van der Waals surface area contributed by atoms with Crippen molar-refractivity contribution in [2.75, 3.05) is 0 Å². The molecule has 5 heteroatoms. The van der Waals surface area contributed by atoms with Gasteiger partial charge in [0.15, 0.2) is 5.82 Å². The Morgan fingerprint density at radius 2 is 1.69 bits per heavy atom. The molecule has 1 rings (SSSR count). The zero-order valence-electron chi connectivity index (χ0n) is 8.87. The number of hydrogen-bond acceptors (Lipinski definition) is 4. The summed E-state index contributed by atoms with van der Waals surface area (Å²) in [4.78, 5) is 1.58. The first-order valence-electron chi connectivity index (χ1n) is 4.31. The Bertz CT molecular complexity index is 260. The summed E-state index contributed by atoms with van der Waals surface area (Å²) < 4.78 is 0. The molecule has 74 valence electrons. The maximum Gasteiger partial charge on any atom is 0.193 e. The van der Waals surface area contributed by atoms with Crippen LogP contribution in [0.15, 0.2) is 0 Å². The second kappa shape index (κ2) is 2.77. The third-order valence-corrected chi connectivity index (χ3v) is 1.59. The molecule has 0 bridgehead atoms. The Labute approximate surface area is 78.3 Å². The van der Waals surface area contributed by atoms with Crippen molar-refractivity contribution in [1.82, 2.24) is 20.2 Å². The minimum atomic E-state index is -0.524. The molecule has 0 spiro atoms. The molecule has 1 heterocycles. The second-order valence-electron chi connectivity index (χ2n) is 4.80. The molecule has 1 aromatic heterocycles. The zero-order chi connectivity index (χ0) is 10.3. The van der Waals surface area contributed by atoms with Crippen molar-refractivity contribution in [1.29, 1.82) is 0 Å². The summed E-state index contributed by atoms with van der Waals surface area (Å²) in [5.74, 6) is 0.572. The fraction of sp³-hybridized carbons (Fsp3) is 0.875. The van der Waals surface area contributed by atoms with Gasteiger partial charge in [-0.15, -0.1) is 10.2 Å². The topological polar surface area (TPSA) is 69.6 Å². The van der Waals surface area contributed by atoms with Crippen LogP contribution in [0.1, 0.15) is 40.4 Å². The number of nitrogens with two attached hydrogens (primary N) is 1. The number of nitrogens with zero attached hydrogens (tertiary/aromatic N) is 4.